The van der Waals surface area contributed by atoms with E-state index in [9.17, 15) is 0 Å². The molecule has 0 aliphatic heterocycles. The Labute approximate surface area is 91.5 Å². The van der Waals surface area contributed by atoms with E-state index in [2.05, 4.69) is 10.2 Å². The number of benzene rings is 2. The molecule has 3 aromatic rings. The number of halogens is 1. The maximum absolute atomic E-state index is 5.97. The highest BCUT2D eigenvalue weighted by molar-refractivity contribution is 6.31. The number of rotatable bonds is 0. The van der Waals surface area contributed by atoms with Gasteiger partial charge in [-0.1, -0.05) is 29.8 Å². The van der Waals surface area contributed by atoms with Crippen molar-refractivity contribution in [2.24, 2.45) is 0 Å². The minimum Gasteiger partial charge on any atom is -0.150 e. The molecular weight excluding hydrogens is 208 g/mol. The van der Waals surface area contributed by atoms with Gasteiger partial charge in [-0.3, -0.25) is 0 Å². The molecule has 0 spiro atoms. The Bertz CT molecular complexity index is 649. The highest BCUT2D eigenvalue weighted by Gasteiger charge is 2.02. The molecule has 72 valence electrons. The second-order valence-electron chi connectivity index (χ2n) is 3.38. The van der Waals surface area contributed by atoms with Crippen LogP contribution >= 0.6 is 11.6 Å². The number of hydrogen-bond acceptors (Lipinski definition) is 2. The molecule has 3 heteroatoms. The van der Waals surface area contributed by atoms with Crippen molar-refractivity contribution in [3.8, 4) is 0 Å². The normalized spacial score (nSPS) is 11.0. The Morgan fingerprint density at radius 2 is 1.53 bits per heavy atom. The molecule has 0 fully saturated rings. The Kier molecular flexibility index (Phi) is 1.82. The first-order chi connectivity index (χ1) is 7.34. The van der Waals surface area contributed by atoms with E-state index in [-0.39, 0.29) is 0 Å². The molecule has 1 aromatic heterocycles. The summed E-state index contributed by atoms with van der Waals surface area (Å²) in [4.78, 5) is 0. The van der Waals surface area contributed by atoms with Crippen LogP contribution in [0.5, 0.6) is 0 Å². The maximum Gasteiger partial charge on any atom is 0.0937 e. The van der Waals surface area contributed by atoms with Gasteiger partial charge in [0.1, 0.15) is 0 Å². The Hall–Kier alpha value is -1.67. The summed E-state index contributed by atoms with van der Waals surface area (Å²) in [5.41, 5.74) is 1.77. The van der Waals surface area contributed by atoms with Crippen LogP contribution in [0.4, 0.5) is 0 Å². The van der Waals surface area contributed by atoms with Crippen LogP contribution in [0.1, 0.15) is 0 Å². The minimum absolute atomic E-state index is 0.723. The molecular formula is C12H7ClN2. The van der Waals surface area contributed by atoms with Crippen LogP contribution in [0.3, 0.4) is 0 Å². The Balaban J connectivity index is 2.57. The van der Waals surface area contributed by atoms with E-state index >= 15 is 0 Å². The standard InChI is InChI=1S/C12H7ClN2/c13-8-5-6-12-10(7-8)9-3-1-2-4-11(9)14-15-12/h1-7H. The summed E-state index contributed by atoms with van der Waals surface area (Å²) in [6, 6.07) is 13.6. The first kappa shape index (κ1) is 8.62. The second-order valence-corrected chi connectivity index (χ2v) is 3.82. The van der Waals surface area contributed by atoms with Gasteiger partial charge in [0, 0.05) is 15.8 Å². The van der Waals surface area contributed by atoms with Gasteiger partial charge in [-0.2, -0.15) is 0 Å². The first-order valence-corrected chi connectivity index (χ1v) is 5.03. The summed E-state index contributed by atoms with van der Waals surface area (Å²) in [7, 11) is 0. The van der Waals surface area contributed by atoms with Crippen molar-refractivity contribution >= 4 is 33.4 Å². The predicted molar refractivity (Wildman–Crippen MR) is 62.1 cm³/mol. The van der Waals surface area contributed by atoms with Gasteiger partial charge in [0.25, 0.3) is 0 Å². The summed E-state index contributed by atoms with van der Waals surface area (Å²) < 4.78 is 0. The third kappa shape index (κ3) is 1.34. The average molecular weight is 215 g/mol. The molecule has 2 aromatic carbocycles. The number of fused-ring (bicyclic) bond motifs is 3. The molecule has 1 heterocycles. The third-order valence-corrected chi connectivity index (χ3v) is 2.65. The zero-order valence-corrected chi connectivity index (χ0v) is 8.57. The Morgan fingerprint density at radius 3 is 2.40 bits per heavy atom. The van der Waals surface area contributed by atoms with Crippen LogP contribution in [0, 0.1) is 0 Å². The van der Waals surface area contributed by atoms with Gasteiger partial charge in [-0.15, -0.1) is 10.2 Å². The monoisotopic (exact) mass is 214 g/mol. The largest absolute Gasteiger partial charge is 0.150 e. The molecule has 0 saturated heterocycles. The van der Waals surface area contributed by atoms with E-state index < -0.39 is 0 Å². The molecule has 2 nitrogen and oxygen atoms in total. The van der Waals surface area contributed by atoms with Gasteiger partial charge in [0.2, 0.25) is 0 Å². The lowest BCUT2D eigenvalue weighted by Crippen LogP contribution is -1.86. The smallest absolute Gasteiger partial charge is 0.0937 e. The fourth-order valence-electron chi connectivity index (χ4n) is 1.71. The van der Waals surface area contributed by atoms with E-state index in [0.717, 1.165) is 26.8 Å². The fourth-order valence-corrected chi connectivity index (χ4v) is 1.88. The first-order valence-electron chi connectivity index (χ1n) is 4.65. The van der Waals surface area contributed by atoms with E-state index in [1.54, 1.807) is 0 Å². The highest BCUT2D eigenvalue weighted by Crippen LogP contribution is 2.24. The van der Waals surface area contributed by atoms with Crippen molar-refractivity contribution in [1.82, 2.24) is 10.2 Å². The van der Waals surface area contributed by atoms with Gasteiger partial charge in [-0.05, 0) is 24.3 Å². The zero-order chi connectivity index (χ0) is 10.3. The quantitative estimate of drug-likeness (QED) is 0.536. The van der Waals surface area contributed by atoms with Crippen molar-refractivity contribution in [2.75, 3.05) is 0 Å². The molecule has 0 aliphatic rings. The van der Waals surface area contributed by atoms with E-state index in [4.69, 9.17) is 11.6 Å². The van der Waals surface area contributed by atoms with Crippen LogP contribution in [0.2, 0.25) is 5.02 Å². The molecule has 0 bridgehead atoms. The van der Waals surface area contributed by atoms with Crippen molar-refractivity contribution in [2.45, 2.75) is 0 Å². The lowest BCUT2D eigenvalue weighted by Gasteiger charge is -2.01. The minimum atomic E-state index is 0.723. The van der Waals surface area contributed by atoms with Gasteiger partial charge in [-0.25, -0.2) is 0 Å². The van der Waals surface area contributed by atoms with Crippen molar-refractivity contribution < 1.29 is 0 Å². The van der Waals surface area contributed by atoms with Crippen molar-refractivity contribution in [1.29, 1.82) is 0 Å². The summed E-state index contributed by atoms with van der Waals surface area (Å²) in [6.45, 7) is 0. The van der Waals surface area contributed by atoms with Gasteiger partial charge in [0.15, 0.2) is 0 Å². The van der Waals surface area contributed by atoms with Gasteiger partial charge < -0.3 is 0 Å². The zero-order valence-electron chi connectivity index (χ0n) is 7.81. The van der Waals surface area contributed by atoms with Gasteiger partial charge in [0.05, 0.1) is 11.0 Å². The molecule has 15 heavy (non-hydrogen) atoms. The molecule has 0 aliphatic carbocycles. The van der Waals surface area contributed by atoms with E-state index in [0.29, 0.717) is 0 Å². The lowest BCUT2D eigenvalue weighted by molar-refractivity contribution is 1.12. The van der Waals surface area contributed by atoms with Crippen molar-refractivity contribution in [3.05, 3.63) is 47.5 Å². The van der Waals surface area contributed by atoms with Crippen LogP contribution in [0.15, 0.2) is 42.5 Å². The SMILES string of the molecule is Clc1ccc2nnc3ccccc3c2c1. The van der Waals surface area contributed by atoms with Crippen LogP contribution in [0.25, 0.3) is 21.8 Å². The topological polar surface area (TPSA) is 25.8 Å². The number of hydrogen-bond donors (Lipinski definition) is 0. The maximum atomic E-state index is 5.97. The van der Waals surface area contributed by atoms with E-state index in [1.165, 1.54) is 0 Å². The molecule has 0 radical (unpaired) electrons. The van der Waals surface area contributed by atoms with E-state index in [1.807, 2.05) is 42.5 Å². The molecule has 0 saturated carbocycles. The third-order valence-electron chi connectivity index (χ3n) is 2.42. The van der Waals surface area contributed by atoms with Crippen LogP contribution < -0.4 is 0 Å². The summed E-state index contributed by atoms with van der Waals surface area (Å²) in [6.07, 6.45) is 0. The lowest BCUT2D eigenvalue weighted by atomic mass is 10.1. The summed E-state index contributed by atoms with van der Waals surface area (Å²) in [5, 5.41) is 11.1. The Morgan fingerprint density at radius 1 is 0.800 bits per heavy atom. The fraction of sp³-hybridized carbons (Fsp3) is 0. The number of nitrogens with zero attached hydrogens (tertiary/aromatic N) is 2. The van der Waals surface area contributed by atoms with Crippen LogP contribution in [-0.4, -0.2) is 10.2 Å². The molecule has 0 N–H and O–H groups in total. The second kappa shape index (κ2) is 3.17. The number of aromatic nitrogens is 2. The van der Waals surface area contributed by atoms with Crippen LogP contribution in [-0.2, 0) is 0 Å². The molecule has 0 amide bonds. The average Bonchev–Trinajstić information content (AvgIpc) is 2.29. The van der Waals surface area contributed by atoms with Crippen molar-refractivity contribution in [3.63, 3.8) is 0 Å². The summed E-state index contributed by atoms with van der Waals surface area (Å²) >= 11 is 5.97. The highest BCUT2D eigenvalue weighted by atomic mass is 35.5. The summed E-state index contributed by atoms with van der Waals surface area (Å²) in [5.74, 6) is 0. The molecule has 3 rings (SSSR count). The molecule has 0 atom stereocenters. The predicted octanol–water partition coefficient (Wildman–Crippen LogP) is 3.44. The molecule has 0 unspecified atom stereocenters. The van der Waals surface area contributed by atoms with Gasteiger partial charge >= 0.3 is 0 Å².